The van der Waals surface area contributed by atoms with Crippen molar-refractivity contribution in [2.24, 2.45) is 23.7 Å². The summed E-state index contributed by atoms with van der Waals surface area (Å²) in [6.45, 7) is 19.7. The summed E-state index contributed by atoms with van der Waals surface area (Å²) in [5.41, 5.74) is 0.877. The highest BCUT2D eigenvalue weighted by atomic mass is 16.5. The van der Waals surface area contributed by atoms with Crippen LogP contribution in [-0.4, -0.2) is 173 Å². The third-order valence-corrected chi connectivity index (χ3v) is 12.9. The van der Waals surface area contributed by atoms with E-state index in [1.807, 2.05) is 72.0 Å². The van der Waals surface area contributed by atoms with Gasteiger partial charge in [-0.15, -0.1) is 0 Å². The van der Waals surface area contributed by atoms with Gasteiger partial charge in [0.15, 0.2) is 0 Å². The van der Waals surface area contributed by atoms with E-state index in [0.717, 1.165) is 57.7 Å². The molecule has 61 heavy (non-hydrogen) atoms. The van der Waals surface area contributed by atoms with E-state index in [-0.39, 0.29) is 54.2 Å². The number of methoxy groups -OCH3 is 3. The maximum atomic E-state index is 14.5. The molecule has 3 N–H and O–H groups in total. The maximum absolute atomic E-state index is 14.5. The lowest BCUT2D eigenvalue weighted by molar-refractivity contribution is -0.149. The van der Waals surface area contributed by atoms with Crippen LogP contribution in [0.25, 0.3) is 0 Å². The van der Waals surface area contributed by atoms with Crippen LogP contribution in [0, 0.1) is 23.7 Å². The summed E-state index contributed by atoms with van der Waals surface area (Å²) < 4.78 is 17.1. The van der Waals surface area contributed by atoms with E-state index >= 15 is 0 Å². The van der Waals surface area contributed by atoms with Crippen molar-refractivity contribution in [1.82, 2.24) is 35.6 Å². The number of benzene rings is 1. The predicted octanol–water partition coefficient (Wildman–Crippen LogP) is 2.81. The van der Waals surface area contributed by atoms with Gasteiger partial charge in [-0.3, -0.25) is 29.0 Å². The van der Waals surface area contributed by atoms with E-state index in [1.54, 1.807) is 30.9 Å². The van der Waals surface area contributed by atoms with Crippen molar-refractivity contribution < 1.29 is 38.2 Å². The topological polar surface area (TPSA) is 162 Å². The molecule has 346 valence electrons. The van der Waals surface area contributed by atoms with Crippen LogP contribution in [0.15, 0.2) is 30.3 Å². The zero-order valence-corrected chi connectivity index (χ0v) is 39.3. The van der Waals surface area contributed by atoms with Crippen LogP contribution in [0.1, 0.15) is 79.7 Å². The van der Waals surface area contributed by atoms with Crippen LogP contribution in [0.3, 0.4) is 0 Å². The molecule has 2 aliphatic heterocycles. The summed E-state index contributed by atoms with van der Waals surface area (Å²) in [4.78, 5) is 77.4. The standard InChI is InChI=1S/C46H79N7O8/c1-13-32(6)41(51(9)45(57)39(30(2)3)49-44(56)40(31(4)5)50(8)26-27-52-24-21-47-22-25-52)37(59-10)29-38(54)53-23-17-20-36(53)42(60-11)33(7)43(55)48-35(46(58)61-12)28-34-18-15-14-16-19-34/h14-16,18-19,30-33,35-37,39-42,47H,13,17,20-29H2,1-12H3,(H,48,55)(H,49,56)/t32-,33+,35-,36-,37+,39-,40?,41?,42+/m0/s1. The number of piperazine rings is 1. The van der Waals surface area contributed by atoms with Crippen molar-refractivity contribution >= 4 is 29.6 Å². The Hall–Kier alpha value is -3.63. The SMILES string of the molecule is CC[C@H](C)C([C@@H](CC(=O)N1CCC[C@H]1[C@H](OC)[C@@H](C)C(=O)N[C@@H](Cc1ccccc1)C(=O)OC)OC)N(C)C(=O)[C@@H](NC(=O)C(C(C)C)N(C)CCN1CCNCC1)C(C)C. The van der Waals surface area contributed by atoms with Crippen molar-refractivity contribution in [3.05, 3.63) is 35.9 Å². The summed E-state index contributed by atoms with van der Waals surface area (Å²) >= 11 is 0. The first-order valence-electron chi connectivity index (χ1n) is 22.5. The molecule has 2 heterocycles. The molecule has 0 aromatic heterocycles. The molecule has 2 aliphatic rings. The summed E-state index contributed by atoms with van der Waals surface area (Å²) in [5, 5.41) is 9.40. The van der Waals surface area contributed by atoms with E-state index in [0.29, 0.717) is 13.0 Å². The van der Waals surface area contributed by atoms with Crippen LogP contribution in [0.2, 0.25) is 0 Å². The molecule has 2 saturated heterocycles. The summed E-state index contributed by atoms with van der Waals surface area (Å²) in [5.74, 6) is -2.42. The first-order chi connectivity index (χ1) is 29.0. The molecule has 0 saturated carbocycles. The minimum atomic E-state index is -0.894. The summed E-state index contributed by atoms with van der Waals surface area (Å²) in [6.07, 6.45) is 1.06. The third-order valence-electron chi connectivity index (χ3n) is 12.9. The molecule has 2 unspecified atom stereocenters. The number of nitrogens with zero attached hydrogens (tertiary/aromatic N) is 4. The van der Waals surface area contributed by atoms with Crippen molar-refractivity contribution in [3.63, 3.8) is 0 Å². The van der Waals surface area contributed by atoms with Crippen molar-refractivity contribution in [2.75, 3.05) is 81.2 Å². The Labute approximate surface area is 366 Å². The zero-order chi connectivity index (χ0) is 45.4. The van der Waals surface area contributed by atoms with Crippen molar-refractivity contribution in [3.8, 4) is 0 Å². The zero-order valence-electron chi connectivity index (χ0n) is 39.3. The van der Waals surface area contributed by atoms with Crippen LogP contribution in [-0.2, 0) is 44.6 Å². The highest BCUT2D eigenvalue weighted by Gasteiger charge is 2.43. The second-order valence-corrected chi connectivity index (χ2v) is 17.9. The van der Waals surface area contributed by atoms with Gasteiger partial charge in [0.2, 0.25) is 23.6 Å². The van der Waals surface area contributed by atoms with E-state index in [9.17, 15) is 24.0 Å². The normalized spacial score (nSPS) is 20.0. The molecule has 0 aliphatic carbocycles. The number of likely N-dealkylation sites (N-methyl/N-ethyl adjacent to an activating group) is 2. The Bertz CT molecular complexity index is 1530. The smallest absolute Gasteiger partial charge is 0.328 e. The fraction of sp³-hybridized carbons (Fsp3) is 0.761. The van der Waals surface area contributed by atoms with Gasteiger partial charge < -0.3 is 40.0 Å². The molecule has 9 atom stereocenters. The minimum Gasteiger partial charge on any atom is -0.467 e. The van der Waals surface area contributed by atoms with Gasteiger partial charge in [0, 0.05) is 73.5 Å². The lowest BCUT2D eigenvalue weighted by Gasteiger charge is -2.41. The van der Waals surface area contributed by atoms with Gasteiger partial charge in [-0.2, -0.15) is 0 Å². The van der Waals surface area contributed by atoms with Crippen molar-refractivity contribution in [2.45, 2.75) is 123 Å². The molecule has 0 bridgehead atoms. The molecular weight excluding hydrogens is 779 g/mol. The number of amides is 4. The van der Waals surface area contributed by atoms with Crippen LogP contribution in [0.4, 0.5) is 0 Å². The molecule has 15 heteroatoms. The monoisotopic (exact) mass is 858 g/mol. The van der Waals surface area contributed by atoms with Gasteiger partial charge in [-0.1, -0.05) is 85.2 Å². The molecular formula is C46H79N7O8. The molecule has 4 amide bonds. The lowest BCUT2D eigenvalue weighted by atomic mass is 9.89. The van der Waals surface area contributed by atoms with Gasteiger partial charge in [-0.05, 0) is 43.2 Å². The number of esters is 1. The fourth-order valence-electron chi connectivity index (χ4n) is 9.15. The van der Waals surface area contributed by atoms with E-state index in [1.165, 1.54) is 14.2 Å². The highest BCUT2D eigenvalue weighted by Crippen LogP contribution is 2.30. The van der Waals surface area contributed by atoms with Crippen LogP contribution in [0.5, 0.6) is 0 Å². The number of ether oxygens (including phenoxy) is 3. The lowest BCUT2D eigenvalue weighted by Crippen LogP contribution is -2.60. The van der Waals surface area contributed by atoms with Gasteiger partial charge in [0.05, 0.1) is 49.8 Å². The molecule has 15 nitrogen and oxygen atoms in total. The highest BCUT2D eigenvalue weighted by molar-refractivity contribution is 5.90. The quantitative estimate of drug-likeness (QED) is 0.131. The Morgan fingerprint density at radius 1 is 0.869 bits per heavy atom. The van der Waals surface area contributed by atoms with Gasteiger partial charge in [0.25, 0.3) is 0 Å². The van der Waals surface area contributed by atoms with E-state index in [2.05, 4.69) is 32.7 Å². The summed E-state index contributed by atoms with van der Waals surface area (Å²) in [7, 11) is 8.12. The second-order valence-electron chi connectivity index (χ2n) is 17.9. The average molecular weight is 858 g/mol. The Morgan fingerprint density at radius 2 is 1.52 bits per heavy atom. The van der Waals surface area contributed by atoms with E-state index in [4.69, 9.17) is 14.2 Å². The molecule has 0 radical (unpaired) electrons. The first-order valence-corrected chi connectivity index (χ1v) is 22.5. The number of likely N-dealkylation sites (tertiary alicyclic amines) is 1. The van der Waals surface area contributed by atoms with Gasteiger partial charge >= 0.3 is 5.97 Å². The number of rotatable bonds is 24. The Kier molecular flexibility index (Phi) is 21.6. The fourth-order valence-corrected chi connectivity index (χ4v) is 9.15. The Morgan fingerprint density at radius 3 is 2.08 bits per heavy atom. The molecule has 1 aromatic rings. The van der Waals surface area contributed by atoms with Gasteiger partial charge in [0.1, 0.15) is 12.1 Å². The third kappa shape index (κ3) is 14.5. The average Bonchev–Trinajstić information content (AvgIpc) is 3.74. The molecule has 0 spiro atoms. The number of carbonyl (C=O) groups is 5. The van der Waals surface area contributed by atoms with Crippen LogP contribution >= 0.6 is 0 Å². The molecule has 2 fully saturated rings. The Balaban J connectivity index is 1.76. The summed E-state index contributed by atoms with van der Waals surface area (Å²) in [6, 6.07) is 6.43. The van der Waals surface area contributed by atoms with E-state index < -0.39 is 54.3 Å². The molecule has 1 aromatic carbocycles. The van der Waals surface area contributed by atoms with Crippen LogP contribution < -0.4 is 16.0 Å². The predicted molar refractivity (Wildman–Crippen MR) is 238 cm³/mol. The minimum absolute atomic E-state index is 0.00410. The molecule has 3 rings (SSSR count). The number of carbonyl (C=O) groups excluding carboxylic acids is 5. The first kappa shape index (κ1) is 51.7. The van der Waals surface area contributed by atoms with Crippen molar-refractivity contribution in [1.29, 1.82) is 0 Å². The largest absolute Gasteiger partial charge is 0.467 e. The number of nitrogens with one attached hydrogen (secondary N) is 3. The maximum Gasteiger partial charge on any atom is 0.328 e. The number of hydrogen-bond acceptors (Lipinski definition) is 11. The van der Waals surface area contributed by atoms with Gasteiger partial charge in [-0.25, -0.2) is 4.79 Å². The second kappa shape index (κ2) is 25.5. The number of hydrogen-bond donors (Lipinski definition) is 3.